The lowest BCUT2D eigenvalue weighted by molar-refractivity contribution is -0.130. The molecule has 0 spiro atoms. The quantitative estimate of drug-likeness (QED) is 0.277. The number of aliphatic hydroxyl groups excluding tert-OH is 1. The van der Waals surface area contributed by atoms with Crippen LogP contribution in [0, 0.1) is 17.8 Å². The summed E-state index contributed by atoms with van der Waals surface area (Å²) in [6, 6.07) is 7.67. The molecule has 0 aliphatic heterocycles. The number of benzene rings is 1. The Balaban J connectivity index is 2.56. The van der Waals surface area contributed by atoms with Gasteiger partial charge in [0.25, 0.3) is 0 Å². The number of ether oxygens (including phenoxy) is 2. The number of aliphatic hydroxyl groups is 1. The summed E-state index contributed by atoms with van der Waals surface area (Å²) >= 11 is 0. The van der Waals surface area contributed by atoms with Crippen molar-refractivity contribution in [3.8, 4) is 5.75 Å². The Kier molecular flexibility index (Phi) is 11.5. The summed E-state index contributed by atoms with van der Waals surface area (Å²) in [4.78, 5) is 12.9. The zero-order valence-corrected chi connectivity index (χ0v) is 23.4. The van der Waals surface area contributed by atoms with Crippen LogP contribution < -0.4 is 4.74 Å². The average Bonchev–Trinajstić information content (AvgIpc) is 2.75. The molecule has 0 unspecified atom stereocenters. The van der Waals surface area contributed by atoms with Crippen molar-refractivity contribution in [3.05, 3.63) is 41.5 Å². The van der Waals surface area contributed by atoms with Gasteiger partial charge in [0, 0.05) is 18.4 Å². The maximum absolute atomic E-state index is 12.9. The van der Waals surface area contributed by atoms with Crippen molar-refractivity contribution in [3.63, 3.8) is 0 Å². The molecule has 4 atom stereocenters. The van der Waals surface area contributed by atoms with Gasteiger partial charge in [-0.05, 0) is 54.2 Å². The van der Waals surface area contributed by atoms with Crippen LogP contribution in [0.4, 0.5) is 0 Å². The minimum Gasteiger partial charge on any atom is -0.497 e. The normalized spacial score (nSPS) is 16.8. The number of ketones is 1. The first-order valence-electron chi connectivity index (χ1n) is 11.9. The van der Waals surface area contributed by atoms with E-state index in [2.05, 4.69) is 40.8 Å². The van der Waals surface area contributed by atoms with Gasteiger partial charge in [0.15, 0.2) is 8.32 Å². The van der Waals surface area contributed by atoms with Gasteiger partial charge in [0.2, 0.25) is 0 Å². The minimum absolute atomic E-state index is 0.00940. The summed E-state index contributed by atoms with van der Waals surface area (Å²) < 4.78 is 17.2. The lowest BCUT2D eigenvalue weighted by Gasteiger charge is -2.36. The Hall–Kier alpha value is -1.47. The summed E-state index contributed by atoms with van der Waals surface area (Å²) in [6.07, 6.45) is 1.23. The maximum atomic E-state index is 12.9. The van der Waals surface area contributed by atoms with E-state index in [4.69, 9.17) is 13.9 Å². The van der Waals surface area contributed by atoms with Crippen LogP contribution >= 0.6 is 0 Å². The average molecular weight is 479 g/mol. The van der Waals surface area contributed by atoms with Crippen molar-refractivity contribution in [2.75, 3.05) is 20.3 Å². The Labute approximate surface area is 202 Å². The van der Waals surface area contributed by atoms with Gasteiger partial charge < -0.3 is 19.0 Å². The van der Waals surface area contributed by atoms with Crippen LogP contribution in [0.2, 0.25) is 18.1 Å². The molecule has 5 nitrogen and oxygen atoms in total. The van der Waals surface area contributed by atoms with E-state index in [1.54, 1.807) is 14.0 Å². The zero-order chi connectivity index (χ0) is 25.4. The standard InChI is InChI=1S/C27H46O5Si/c1-19(16-32-33(9,10)27(5,6)7)15-20(2)25(28)22(4)26(29)21(3)17-31-18-23-11-13-24(30-8)14-12-23/h11-15,19,21-22,25,28H,16-18H2,1-10H3/b20-15+/t19-,21-,22+,25-/m0/s1. The van der Waals surface area contributed by atoms with E-state index < -0.39 is 20.3 Å². The molecule has 0 saturated heterocycles. The first kappa shape index (κ1) is 29.6. The molecule has 188 valence electrons. The van der Waals surface area contributed by atoms with E-state index in [0.29, 0.717) is 19.8 Å². The van der Waals surface area contributed by atoms with Gasteiger partial charge in [-0.25, -0.2) is 0 Å². The monoisotopic (exact) mass is 478 g/mol. The van der Waals surface area contributed by atoms with Crippen molar-refractivity contribution in [1.82, 2.24) is 0 Å². The molecule has 0 aromatic heterocycles. The summed E-state index contributed by atoms with van der Waals surface area (Å²) in [5.74, 6) is 0.195. The van der Waals surface area contributed by atoms with Gasteiger partial charge in [-0.2, -0.15) is 0 Å². The summed E-state index contributed by atoms with van der Waals surface area (Å²) in [7, 11) is -0.175. The maximum Gasteiger partial charge on any atom is 0.192 e. The van der Waals surface area contributed by atoms with E-state index in [-0.39, 0.29) is 22.7 Å². The van der Waals surface area contributed by atoms with Gasteiger partial charge in [0.05, 0.1) is 26.4 Å². The molecule has 0 heterocycles. The first-order valence-corrected chi connectivity index (χ1v) is 14.8. The fourth-order valence-corrected chi connectivity index (χ4v) is 4.42. The molecule has 0 radical (unpaired) electrons. The van der Waals surface area contributed by atoms with Gasteiger partial charge in [0.1, 0.15) is 11.5 Å². The van der Waals surface area contributed by atoms with Crippen LogP contribution in [0.1, 0.15) is 54.0 Å². The van der Waals surface area contributed by atoms with Crippen molar-refractivity contribution in [2.24, 2.45) is 17.8 Å². The van der Waals surface area contributed by atoms with Crippen molar-refractivity contribution < 1.29 is 23.8 Å². The predicted octanol–water partition coefficient (Wildman–Crippen LogP) is 6.02. The lowest BCUT2D eigenvalue weighted by atomic mass is 9.87. The number of rotatable bonds is 13. The van der Waals surface area contributed by atoms with Gasteiger partial charge in [-0.15, -0.1) is 0 Å². The van der Waals surface area contributed by atoms with Crippen LogP contribution in [0.25, 0.3) is 0 Å². The number of carbonyl (C=O) groups excluding carboxylic acids is 1. The van der Waals surface area contributed by atoms with Crippen LogP contribution in [-0.4, -0.2) is 45.6 Å². The summed E-state index contributed by atoms with van der Waals surface area (Å²) in [5, 5.41) is 11.0. The predicted molar refractivity (Wildman–Crippen MR) is 138 cm³/mol. The molecule has 1 aromatic carbocycles. The van der Waals surface area contributed by atoms with Crippen LogP contribution in [0.5, 0.6) is 5.75 Å². The van der Waals surface area contributed by atoms with Gasteiger partial charge in [-0.3, -0.25) is 4.79 Å². The Bertz CT molecular complexity index is 764. The van der Waals surface area contributed by atoms with E-state index in [9.17, 15) is 9.90 Å². The molecule has 0 saturated carbocycles. The number of hydrogen-bond donors (Lipinski definition) is 1. The Morgan fingerprint density at radius 2 is 1.67 bits per heavy atom. The molecule has 1 aromatic rings. The van der Waals surface area contributed by atoms with Crippen molar-refractivity contribution in [2.45, 2.75) is 79.3 Å². The molecule has 1 rings (SSSR count). The van der Waals surface area contributed by atoms with Gasteiger partial charge in [-0.1, -0.05) is 59.8 Å². The Morgan fingerprint density at radius 3 is 2.18 bits per heavy atom. The van der Waals surface area contributed by atoms with Crippen LogP contribution in [0.3, 0.4) is 0 Å². The smallest absolute Gasteiger partial charge is 0.192 e. The third kappa shape index (κ3) is 9.36. The number of Topliss-reactive ketones (excluding diaryl/α,β-unsaturated/α-hetero) is 1. The molecule has 0 aliphatic carbocycles. The van der Waals surface area contributed by atoms with Crippen molar-refractivity contribution in [1.29, 1.82) is 0 Å². The molecular weight excluding hydrogens is 432 g/mol. The molecule has 0 aliphatic rings. The highest BCUT2D eigenvalue weighted by atomic mass is 28.4. The largest absolute Gasteiger partial charge is 0.497 e. The summed E-state index contributed by atoms with van der Waals surface area (Å²) in [5.41, 5.74) is 1.84. The third-order valence-electron chi connectivity index (χ3n) is 6.73. The van der Waals surface area contributed by atoms with Crippen LogP contribution in [0.15, 0.2) is 35.9 Å². The van der Waals surface area contributed by atoms with Crippen molar-refractivity contribution >= 4 is 14.1 Å². The minimum atomic E-state index is -1.81. The molecular formula is C27H46O5Si. The van der Waals surface area contributed by atoms with E-state index in [0.717, 1.165) is 16.9 Å². The number of hydrogen-bond acceptors (Lipinski definition) is 5. The fraction of sp³-hybridized carbons (Fsp3) is 0.667. The molecule has 33 heavy (non-hydrogen) atoms. The first-order chi connectivity index (χ1) is 15.2. The topological polar surface area (TPSA) is 65.0 Å². The van der Waals surface area contributed by atoms with Crippen LogP contribution in [-0.2, 0) is 20.6 Å². The number of methoxy groups -OCH3 is 1. The lowest BCUT2D eigenvalue weighted by Crippen LogP contribution is -2.41. The van der Waals surface area contributed by atoms with Gasteiger partial charge >= 0.3 is 0 Å². The van der Waals surface area contributed by atoms with E-state index in [1.807, 2.05) is 44.2 Å². The molecule has 0 bridgehead atoms. The SMILES string of the molecule is COc1ccc(COC[C@H](C)C(=O)[C@H](C)[C@@H](O)/C(C)=C/[C@H](C)CO[Si](C)(C)C(C)(C)C)cc1. The molecule has 0 fully saturated rings. The third-order valence-corrected chi connectivity index (χ3v) is 11.2. The van der Waals surface area contributed by atoms with E-state index >= 15 is 0 Å². The highest BCUT2D eigenvalue weighted by molar-refractivity contribution is 6.74. The number of carbonyl (C=O) groups is 1. The Morgan fingerprint density at radius 1 is 1.09 bits per heavy atom. The molecule has 1 N–H and O–H groups in total. The zero-order valence-electron chi connectivity index (χ0n) is 22.4. The highest BCUT2D eigenvalue weighted by Gasteiger charge is 2.37. The summed E-state index contributed by atoms with van der Waals surface area (Å²) in [6.45, 7) is 20.2. The van der Waals surface area contributed by atoms with E-state index in [1.165, 1.54) is 0 Å². The second kappa shape index (κ2) is 12.8. The molecule has 0 amide bonds. The molecule has 6 heteroatoms. The second-order valence-electron chi connectivity index (χ2n) is 10.9. The fourth-order valence-electron chi connectivity index (χ4n) is 3.31. The second-order valence-corrected chi connectivity index (χ2v) is 15.7. The highest BCUT2D eigenvalue weighted by Crippen LogP contribution is 2.36.